The maximum Gasteiger partial charge on any atom is 0.413 e. The standard InChI is InChI=1S/C32H43N7O7/c1-31(2,3)45-29(41)36-26-8-7-23-28(35-26)38(27(40)19-34-23)14-13-37-11-9-22(10-12-37)39(30(42)46-32(4,5)6)20-21-17-24-25(18-33-21)44-16-15-43-24/h7-8,17-19,22H,9-16,20H2,1-6H3,(H,35,36,41). The van der Waals surface area contributed by atoms with E-state index in [4.69, 9.17) is 18.9 Å². The van der Waals surface area contributed by atoms with Crippen molar-refractivity contribution in [1.82, 2.24) is 29.3 Å². The first-order valence-electron chi connectivity index (χ1n) is 15.6. The average molecular weight is 638 g/mol. The summed E-state index contributed by atoms with van der Waals surface area (Å²) in [5, 5.41) is 2.63. The molecule has 3 aromatic heterocycles. The van der Waals surface area contributed by atoms with E-state index in [1.165, 1.54) is 6.20 Å². The molecule has 0 aromatic carbocycles. The number of anilines is 1. The van der Waals surface area contributed by atoms with Gasteiger partial charge in [-0.25, -0.2) is 19.6 Å². The first kappa shape index (κ1) is 32.9. The van der Waals surface area contributed by atoms with Gasteiger partial charge in [0.25, 0.3) is 5.56 Å². The Bertz CT molecular complexity index is 1620. The highest BCUT2D eigenvalue weighted by Gasteiger charge is 2.32. The molecule has 248 valence electrons. The summed E-state index contributed by atoms with van der Waals surface area (Å²) in [5.41, 5.74) is 0.00636. The third-order valence-corrected chi connectivity index (χ3v) is 7.40. The predicted octanol–water partition coefficient (Wildman–Crippen LogP) is 4.21. The zero-order valence-corrected chi connectivity index (χ0v) is 27.4. The molecule has 0 spiro atoms. The Kier molecular flexibility index (Phi) is 9.66. The highest BCUT2D eigenvalue weighted by Crippen LogP contribution is 2.30. The van der Waals surface area contributed by atoms with Crippen LogP contribution in [-0.4, -0.2) is 91.6 Å². The summed E-state index contributed by atoms with van der Waals surface area (Å²) in [6, 6.07) is 5.09. The molecule has 0 radical (unpaired) electrons. The normalized spacial score (nSPS) is 15.8. The topological polar surface area (TPSA) is 150 Å². The number of nitrogens with one attached hydrogen (secondary N) is 1. The van der Waals surface area contributed by atoms with Crippen LogP contribution in [0.3, 0.4) is 0 Å². The van der Waals surface area contributed by atoms with Gasteiger partial charge >= 0.3 is 12.2 Å². The SMILES string of the molecule is CC(C)(C)OC(=O)Nc1ccc2ncc(=O)n(CCN3CCC(N(Cc4cc5c(cn4)OCCO5)C(=O)OC(C)(C)C)CC3)c2n1. The van der Waals surface area contributed by atoms with Gasteiger partial charge in [-0.3, -0.25) is 24.6 Å². The quantitative estimate of drug-likeness (QED) is 0.397. The number of piperidine rings is 1. The number of carbonyl (C=O) groups excluding carboxylic acids is 2. The molecule has 1 fully saturated rings. The molecule has 3 aromatic rings. The van der Waals surface area contributed by atoms with E-state index in [1.807, 2.05) is 26.8 Å². The molecule has 0 aliphatic carbocycles. The number of ether oxygens (including phenoxy) is 4. The van der Waals surface area contributed by atoms with Crippen LogP contribution in [0.2, 0.25) is 0 Å². The molecule has 2 aliphatic rings. The summed E-state index contributed by atoms with van der Waals surface area (Å²) in [6.07, 6.45) is 3.33. The van der Waals surface area contributed by atoms with Gasteiger partial charge in [-0.15, -0.1) is 0 Å². The number of pyridine rings is 2. The number of fused-ring (bicyclic) bond motifs is 2. The monoisotopic (exact) mass is 637 g/mol. The van der Waals surface area contributed by atoms with E-state index in [-0.39, 0.29) is 30.1 Å². The summed E-state index contributed by atoms with van der Waals surface area (Å²) in [4.78, 5) is 55.8. The zero-order valence-electron chi connectivity index (χ0n) is 27.4. The lowest BCUT2D eigenvalue weighted by atomic mass is 10.0. The molecule has 2 aliphatic heterocycles. The van der Waals surface area contributed by atoms with E-state index in [0.29, 0.717) is 54.7 Å². The van der Waals surface area contributed by atoms with Gasteiger partial charge in [0, 0.05) is 38.3 Å². The van der Waals surface area contributed by atoms with Crippen molar-refractivity contribution in [3.63, 3.8) is 0 Å². The lowest BCUT2D eigenvalue weighted by Gasteiger charge is -2.39. The first-order chi connectivity index (χ1) is 21.7. The molecule has 2 amide bonds. The van der Waals surface area contributed by atoms with Crippen molar-refractivity contribution in [3.8, 4) is 11.5 Å². The number of carbonyl (C=O) groups is 2. The second-order valence-electron chi connectivity index (χ2n) is 13.4. The van der Waals surface area contributed by atoms with Crippen LogP contribution in [-0.2, 0) is 22.6 Å². The summed E-state index contributed by atoms with van der Waals surface area (Å²) in [7, 11) is 0. The summed E-state index contributed by atoms with van der Waals surface area (Å²) >= 11 is 0. The van der Waals surface area contributed by atoms with Crippen molar-refractivity contribution in [2.45, 2.75) is 84.7 Å². The Hall–Kier alpha value is -4.46. The van der Waals surface area contributed by atoms with Crippen LogP contribution in [0.4, 0.5) is 15.4 Å². The first-order valence-corrected chi connectivity index (χ1v) is 15.6. The number of nitrogens with zero attached hydrogens (tertiary/aromatic N) is 6. The van der Waals surface area contributed by atoms with Gasteiger partial charge in [-0.05, 0) is 66.5 Å². The maximum absolute atomic E-state index is 13.4. The molecule has 0 bridgehead atoms. The molecule has 14 nitrogen and oxygen atoms in total. The number of amides is 2. The number of aromatic nitrogens is 4. The third-order valence-electron chi connectivity index (χ3n) is 7.40. The van der Waals surface area contributed by atoms with Gasteiger partial charge in [0.15, 0.2) is 17.1 Å². The van der Waals surface area contributed by atoms with E-state index < -0.39 is 17.3 Å². The lowest BCUT2D eigenvalue weighted by molar-refractivity contribution is 0.00527. The number of likely N-dealkylation sites (tertiary alicyclic amines) is 1. The smallest absolute Gasteiger partial charge is 0.413 e. The van der Waals surface area contributed by atoms with Crippen molar-refractivity contribution >= 4 is 29.2 Å². The van der Waals surface area contributed by atoms with Crippen molar-refractivity contribution < 1.29 is 28.5 Å². The molecule has 46 heavy (non-hydrogen) atoms. The Morgan fingerprint density at radius 1 is 0.957 bits per heavy atom. The van der Waals surface area contributed by atoms with E-state index in [2.05, 4.69) is 25.2 Å². The third kappa shape index (κ3) is 8.62. The number of rotatable bonds is 7. The minimum atomic E-state index is -0.662. The largest absolute Gasteiger partial charge is 0.486 e. The highest BCUT2D eigenvalue weighted by molar-refractivity contribution is 5.85. The fraction of sp³-hybridized carbons (Fsp3) is 0.562. The van der Waals surface area contributed by atoms with Crippen LogP contribution in [0.15, 0.2) is 35.4 Å². The zero-order chi connectivity index (χ0) is 33.1. The fourth-order valence-corrected chi connectivity index (χ4v) is 5.34. The molecule has 0 saturated carbocycles. The summed E-state index contributed by atoms with van der Waals surface area (Å²) in [6.45, 7) is 14.5. The van der Waals surface area contributed by atoms with Gasteiger partial charge < -0.3 is 23.8 Å². The van der Waals surface area contributed by atoms with Crippen molar-refractivity contribution in [2.75, 3.05) is 38.2 Å². The second kappa shape index (κ2) is 13.5. The number of hydrogen-bond donors (Lipinski definition) is 1. The second-order valence-corrected chi connectivity index (χ2v) is 13.4. The number of hydrogen-bond acceptors (Lipinski definition) is 11. The Morgan fingerprint density at radius 3 is 2.35 bits per heavy atom. The average Bonchev–Trinajstić information content (AvgIpc) is 2.98. The van der Waals surface area contributed by atoms with Crippen LogP contribution < -0.4 is 20.3 Å². The minimum Gasteiger partial charge on any atom is -0.486 e. The van der Waals surface area contributed by atoms with Crippen molar-refractivity contribution in [2.24, 2.45) is 0 Å². The molecule has 0 atom stereocenters. The van der Waals surface area contributed by atoms with Crippen LogP contribution >= 0.6 is 0 Å². The molecular formula is C32H43N7O7. The highest BCUT2D eigenvalue weighted by atomic mass is 16.6. The van der Waals surface area contributed by atoms with Crippen LogP contribution in [0.5, 0.6) is 11.5 Å². The van der Waals surface area contributed by atoms with Crippen molar-refractivity contribution in [3.05, 3.63) is 46.6 Å². The van der Waals surface area contributed by atoms with Gasteiger partial charge in [-0.1, -0.05) is 0 Å². The minimum absolute atomic E-state index is 0.0614. The Balaban J connectivity index is 1.25. The molecule has 5 heterocycles. The Labute approximate surface area is 268 Å². The summed E-state index contributed by atoms with van der Waals surface area (Å²) < 4.78 is 24.0. The molecule has 0 unspecified atom stereocenters. The fourth-order valence-electron chi connectivity index (χ4n) is 5.34. The predicted molar refractivity (Wildman–Crippen MR) is 170 cm³/mol. The molecule has 1 N–H and O–H groups in total. The van der Waals surface area contributed by atoms with Crippen LogP contribution in [0, 0.1) is 0 Å². The maximum atomic E-state index is 13.4. The molecule has 5 rings (SSSR count). The lowest BCUT2D eigenvalue weighted by Crippen LogP contribution is -2.49. The van der Waals surface area contributed by atoms with Crippen LogP contribution in [0.25, 0.3) is 11.2 Å². The molecular weight excluding hydrogens is 594 g/mol. The van der Waals surface area contributed by atoms with Gasteiger partial charge in [-0.2, -0.15) is 0 Å². The van der Waals surface area contributed by atoms with E-state index in [1.54, 1.807) is 48.6 Å². The van der Waals surface area contributed by atoms with E-state index >= 15 is 0 Å². The summed E-state index contributed by atoms with van der Waals surface area (Å²) in [5.74, 6) is 1.48. The van der Waals surface area contributed by atoms with Crippen LogP contribution in [0.1, 0.15) is 60.1 Å². The van der Waals surface area contributed by atoms with E-state index in [0.717, 1.165) is 25.9 Å². The molecule has 1 saturated heterocycles. The van der Waals surface area contributed by atoms with Crippen molar-refractivity contribution in [1.29, 1.82) is 0 Å². The Morgan fingerprint density at radius 2 is 1.65 bits per heavy atom. The van der Waals surface area contributed by atoms with E-state index in [9.17, 15) is 14.4 Å². The van der Waals surface area contributed by atoms with Gasteiger partial charge in [0.05, 0.1) is 24.6 Å². The molecule has 14 heteroatoms. The van der Waals surface area contributed by atoms with Gasteiger partial charge in [0.1, 0.15) is 35.8 Å². The van der Waals surface area contributed by atoms with Gasteiger partial charge in [0.2, 0.25) is 0 Å².